The molecule has 1 heterocycles. The molecule has 1 amide bonds. The molecule has 1 aliphatic carbocycles. The Bertz CT molecular complexity index is 997. The lowest BCUT2D eigenvalue weighted by Gasteiger charge is -2.15. The number of alkyl halides is 3. The lowest BCUT2D eigenvalue weighted by Crippen LogP contribution is -2.35. The summed E-state index contributed by atoms with van der Waals surface area (Å²) in [5.74, 6) is -1.58. The van der Waals surface area contributed by atoms with E-state index in [-0.39, 0.29) is 18.6 Å². The van der Waals surface area contributed by atoms with Crippen LogP contribution >= 0.6 is 0 Å². The first-order chi connectivity index (χ1) is 14.6. The third-order valence-electron chi connectivity index (χ3n) is 5.05. The Kier molecular flexibility index (Phi) is 6.49. The van der Waals surface area contributed by atoms with E-state index in [1.54, 1.807) is 4.68 Å². The number of carbonyl (C=O) groups is 2. The van der Waals surface area contributed by atoms with Crippen LogP contribution in [0.1, 0.15) is 34.9 Å². The summed E-state index contributed by atoms with van der Waals surface area (Å²) < 4.78 is 44.8. The van der Waals surface area contributed by atoms with Gasteiger partial charge in [0, 0.05) is 23.2 Å². The van der Waals surface area contributed by atoms with E-state index < -0.39 is 30.2 Å². The zero-order valence-electron chi connectivity index (χ0n) is 16.9. The van der Waals surface area contributed by atoms with Crippen LogP contribution in [-0.4, -0.2) is 46.0 Å². The van der Waals surface area contributed by atoms with Gasteiger partial charge in [0.05, 0.1) is 16.9 Å². The van der Waals surface area contributed by atoms with E-state index in [0.717, 1.165) is 29.1 Å². The molecule has 1 aliphatic rings. The van der Waals surface area contributed by atoms with Gasteiger partial charge in [0.25, 0.3) is 0 Å². The number of halogens is 3. The fourth-order valence-electron chi connectivity index (χ4n) is 3.73. The highest BCUT2D eigenvalue weighted by molar-refractivity contribution is 5.78. The van der Waals surface area contributed by atoms with Crippen molar-refractivity contribution in [2.45, 2.75) is 38.4 Å². The number of allylic oxidation sites excluding steroid dienone is 1. The molecular formula is C21H22F3N3O4. The maximum Gasteiger partial charge on any atom is 0.416 e. The first kappa shape index (κ1) is 22.5. The number of ether oxygens (including phenoxy) is 1. The Hall–Kier alpha value is -3.14. The largest absolute Gasteiger partial charge is 0.480 e. The predicted octanol–water partition coefficient (Wildman–Crippen LogP) is 3.14. The summed E-state index contributed by atoms with van der Waals surface area (Å²) in [5.41, 5.74) is 2.33. The van der Waals surface area contributed by atoms with Crippen molar-refractivity contribution in [2.75, 3.05) is 13.2 Å². The average Bonchev–Trinajstić information content (AvgIpc) is 3.24. The summed E-state index contributed by atoms with van der Waals surface area (Å²) in [7, 11) is 0. The van der Waals surface area contributed by atoms with Crippen LogP contribution in [0, 0.1) is 13.8 Å². The maximum atomic E-state index is 12.8. The number of benzene rings is 1. The van der Waals surface area contributed by atoms with Crippen molar-refractivity contribution >= 4 is 11.9 Å². The van der Waals surface area contributed by atoms with Crippen molar-refractivity contribution < 1.29 is 32.6 Å². The molecule has 0 radical (unpaired) electrons. The molecule has 0 fully saturated rings. The fraction of sp³-hybridized carbons (Fsp3) is 0.381. The van der Waals surface area contributed by atoms with E-state index in [1.807, 2.05) is 26.0 Å². The molecule has 2 N–H and O–H groups in total. The van der Waals surface area contributed by atoms with Gasteiger partial charge in [-0.3, -0.25) is 4.79 Å². The first-order valence-corrected chi connectivity index (χ1v) is 9.57. The second-order valence-corrected chi connectivity index (χ2v) is 7.33. The van der Waals surface area contributed by atoms with Gasteiger partial charge in [-0.05, 0) is 44.5 Å². The number of nitrogens with zero attached hydrogens (tertiary/aromatic N) is 2. The van der Waals surface area contributed by atoms with Crippen LogP contribution in [0.25, 0.3) is 5.69 Å². The summed E-state index contributed by atoms with van der Waals surface area (Å²) >= 11 is 0. The van der Waals surface area contributed by atoms with E-state index in [2.05, 4.69) is 10.4 Å². The van der Waals surface area contributed by atoms with Gasteiger partial charge in [0.2, 0.25) is 5.91 Å². The molecule has 2 unspecified atom stereocenters. The zero-order valence-corrected chi connectivity index (χ0v) is 16.9. The van der Waals surface area contributed by atoms with Crippen LogP contribution < -0.4 is 5.32 Å². The van der Waals surface area contributed by atoms with Gasteiger partial charge in [-0.1, -0.05) is 12.2 Å². The predicted molar refractivity (Wildman–Crippen MR) is 105 cm³/mol. The quantitative estimate of drug-likeness (QED) is 0.650. The van der Waals surface area contributed by atoms with Crippen molar-refractivity contribution in [1.82, 2.24) is 15.1 Å². The highest BCUT2D eigenvalue weighted by Gasteiger charge is 2.30. The standard InChI is InChI=1S/C21H22F3N3O4/c1-12-20(14-3-6-16(9-14)25-18(28)10-31-11-19(29)30)13(2)27(26-12)17-7-4-15(5-8-17)21(22,23)24/h3-8,14,16H,9-11H2,1-2H3,(H,25,28)(H,29,30). The number of carbonyl (C=O) groups excluding carboxylic acids is 1. The number of rotatable bonds is 7. The van der Waals surface area contributed by atoms with Crippen molar-refractivity contribution in [1.29, 1.82) is 0 Å². The molecular weight excluding hydrogens is 415 g/mol. The third-order valence-corrected chi connectivity index (χ3v) is 5.05. The highest BCUT2D eigenvalue weighted by Crippen LogP contribution is 2.34. The van der Waals surface area contributed by atoms with Crippen LogP contribution in [0.4, 0.5) is 13.2 Å². The summed E-state index contributed by atoms with van der Waals surface area (Å²) in [6.45, 7) is 2.80. The van der Waals surface area contributed by atoms with Gasteiger partial charge in [0.1, 0.15) is 13.2 Å². The van der Waals surface area contributed by atoms with E-state index in [0.29, 0.717) is 12.1 Å². The van der Waals surface area contributed by atoms with E-state index in [1.165, 1.54) is 12.1 Å². The lowest BCUT2D eigenvalue weighted by molar-refractivity contribution is -0.143. The minimum Gasteiger partial charge on any atom is -0.480 e. The molecule has 1 aromatic heterocycles. The lowest BCUT2D eigenvalue weighted by atomic mass is 9.96. The molecule has 7 nitrogen and oxygen atoms in total. The Balaban J connectivity index is 1.68. The van der Waals surface area contributed by atoms with Crippen LogP contribution in [0.2, 0.25) is 0 Å². The average molecular weight is 437 g/mol. The van der Waals surface area contributed by atoms with E-state index >= 15 is 0 Å². The molecule has 1 aromatic carbocycles. The van der Waals surface area contributed by atoms with Crippen molar-refractivity contribution in [3.05, 3.63) is 58.9 Å². The number of hydrogen-bond donors (Lipinski definition) is 2. The van der Waals surface area contributed by atoms with Crippen LogP contribution in [0.3, 0.4) is 0 Å². The van der Waals surface area contributed by atoms with Crippen LogP contribution in [0.5, 0.6) is 0 Å². The number of carboxylic acid groups (broad SMARTS) is 1. The van der Waals surface area contributed by atoms with Gasteiger partial charge in [-0.15, -0.1) is 0 Å². The zero-order chi connectivity index (χ0) is 22.8. The second-order valence-electron chi connectivity index (χ2n) is 7.33. The molecule has 0 saturated heterocycles. The smallest absolute Gasteiger partial charge is 0.416 e. The summed E-state index contributed by atoms with van der Waals surface area (Å²) in [6, 6.07) is 4.59. The number of aryl methyl sites for hydroxylation is 1. The Morgan fingerprint density at radius 1 is 1.19 bits per heavy atom. The number of nitrogens with one attached hydrogen (secondary N) is 1. The normalized spacial score (nSPS) is 18.4. The van der Waals surface area contributed by atoms with Crippen molar-refractivity contribution in [3.8, 4) is 5.69 Å². The minimum absolute atomic E-state index is 0.0200. The van der Waals surface area contributed by atoms with Crippen LogP contribution in [-0.2, 0) is 20.5 Å². The van der Waals surface area contributed by atoms with E-state index in [4.69, 9.17) is 9.84 Å². The van der Waals surface area contributed by atoms with Gasteiger partial charge in [0.15, 0.2) is 0 Å². The fourth-order valence-corrected chi connectivity index (χ4v) is 3.73. The molecule has 0 bridgehead atoms. The molecule has 2 atom stereocenters. The maximum absolute atomic E-state index is 12.8. The van der Waals surface area contributed by atoms with Crippen molar-refractivity contribution in [2.24, 2.45) is 0 Å². The van der Waals surface area contributed by atoms with Crippen LogP contribution in [0.15, 0.2) is 36.4 Å². The monoisotopic (exact) mass is 437 g/mol. The van der Waals surface area contributed by atoms with Gasteiger partial charge in [-0.25, -0.2) is 9.48 Å². The number of hydrogen-bond acceptors (Lipinski definition) is 4. The number of aromatic nitrogens is 2. The molecule has 10 heteroatoms. The van der Waals surface area contributed by atoms with E-state index in [9.17, 15) is 22.8 Å². The van der Waals surface area contributed by atoms with Gasteiger partial charge < -0.3 is 15.2 Å². The third kappa shape index (κ3) is 5.32. The summed E-state index contributed by atoms with van der Waals surface area (Å²) in [4.78, 5) is 22.3. The molecule has 3 rings (SSSR count). The van der Waals surface area contributed by atoms with Gasteiger partial charge in [-0.2, -0.15) is 18.3 Å². The molecule has 31 heavy (non-hydrogen) atoms. The molecule has 0 spiro atoms. The Morgan fingerprint density at radius 3 is 2.48 bits per heavy atom. The molecule has 0 saturated carbocycles. The topological polar surface area (TPSA) is 93.5 Å². The first-order valence-electron chi connectivity index (χ1n) is 9.57. The Labute approximate surface area is 176 Å². The second kappa shape index (κ2) is 8.93. The summed E-state index contributed by atoms with van der Waals surface area (Å²) in [6.07, 6.45) is 0.00183. The number of carboxylic acids is 1. The minimum atomic E-state index is -4.40. The highest BCUT2D eigenvalue weighted by atomic mass is 19.4. The molecule has 166 valence electrons. The SMILES string of the molecule is Cc1nn(-c2ccc(C(F)(F)F)cc2)c(C)c1C1C=CC(NC(=O)COCC(=O)O)C1. The van der Waals surface area contributed by atoms with Gasteiger partial charge >= 0.3 is 12.1 Å². The molecule has 2 aromatic rings. The molecule has 0 aliphatic heterocycles. The Morgan fingerprint density at radius 2 is 1.87 bits per heavy atom. The van der Waals surface area contributed by atoms with Crippen molar-refractivity contribution in [3.63, 3.8) is 0 Å². The number of amides is 1. The summed E-state index contributed by atoms with van der Waals surface area (Å²) in [5, 5.41) is 15.8. The number of aliphatic carboxylic acids is 1.